The Kier molecular flexibility index (Phi) is 4.84. The van der Waals surface area contributed by atoms with E-state index in [1.54, 1.807) is 0 Å². The van der Waals surface area contributed by atoms with Gasteiger partial charge in [0.2, 0.25) is 0 Å². The van der Waals surface area contributed by atoms with Crippen molar-refractivity contribution in [2.45, 2.75) is 26.3 Å². The lowest BCUT2D eigenvalue weighted by Gasteiger charge is -2.09. The Bertz CT molecular complexity index is 398. The number of nitrogens with one attached hydrogen (secondary N) is 1. The maximum Gasteiger partial charge on any atom is 0.148 e. The molecular formula is C13H18N2O2. The lowest BCUT2D eigenvalue weighted by Crippen LogP contribution is -2.30. The van der Waals surface area contributed by atoms with E-state index in [1.807, 2.05) is 24.3 Å². The first-order valence-corrected chi connectivity index (χ1v) is 5.57. The van der Waals surface area contributed by atoms with E-state index in [0.717, 1.165) is 11.3 Å². The molecule has 0 saturated carbocycles. The maximum absolute atomic E-state index is 11.0. The van der Waals surface area contributed by atoms with Crippen molar-refractivity contribution in [3.63, 3.8) is 0 Å². The molecule has 0 heterocycles. The Morgan fingerprint density at radius 3 is 2.29 bits per heavy atom. The molecule has 0 bridgehead atoms. The molecule has 0 spiro atoms. The standard InChI is InChI=1S/C13H18N2O2/c1-9(16)8-15-12-5-3-11(4-6-12)7-13(14)10(2)17/h3-6,13,15H,7-8,14H2,1-2H3. The molecule has 17 heavy (non-hydrogen) atoms. The van der Waals surface area contributed by atoms with Gasteiger partial charge >= 0.3 is 0 Å². The van der Waals surface area contributed by atoms with Gasteiger partial charge < -0.3 is 11.1 Å². The summed E-state index contributed by atoms with van der Waals surface area (Å²) < 4.78 is 0. The van der Waals surface area contributed by atoms with Crippen LogP contribution < -0.4 is 11.1 Å². The summed E-state index contributed by atoms with van der Waals surface area (Å²) in [6.07, 6.45) is 0.544. The zero-order chi connectivity index (χ0) is 12.8. The molecule has 0 aromatic heterocycles. The van der Waals surface area contributed by atoms with Crippen molar-refractivity contribution in [2.75, 3.05) is 11.9 Å². The maximum atomic E-state index is 11.0. The number of nitrogens with two attached hydrogens (primary N) is 1. The number of anilines is 1. The molecule has 0 radical (unpaired) electrons. The third kappa shape index (κ3) is 4.78. The molecule has 1 unspecified atom stereocenters. The van der Waals surface area contributed by atoms with Crippen LogP contribution in [0.2, 0.25) is 0 Å². The number of hydrogen-bond donors (Lipinski definition) is 2. The fraction of sp³-hybridized carbons (Fsp3) is 0.385. The van der Waals surface area contributed by atoms with Gasteiger partial charge in [-0.25, -0.2) is 0 Å². The summed E-state index contributed by atoms with van der Waals surface area (Å²) in [5, 5.41) is 3.00. The van der Waals surface area contributed by atoms with Gasteiger partial charge in [0.15, 0.2) is 0 Å². The molecule has 4 nitrogen and oxygen atoms in total. The molecule has 3 N–H and O–H groups in total. The fourth-order valence-electron chi connectivity index (χ4n) is 1.38. The predicted octanol–water partition coefficient (Wildman–Crippen LogP) is 1.15. The lowest BCUT2D eigenvalue weighted by molar-refractivity contribution is -0.118. The average molecular weight is 234 g/mol. The number of carbonyl (C=O) groups excluding carboxylic acids is 2. The average Bonchev–Trinajstić information content (AvgIpc) is 2.28. The van der Waals surface area contributed by atoms with E-state index in [1.165, 1.54) is 13.8 Å². The van der Waals surface area contributed by atoms with E-state index in [0.29, 0.717) is 13.0 Å². The van der Waals surface area contributed by atoms with E-state index in [9.17, 15) is 9.59 Å². The minimum atomic E-state index is -0.439. The molecule has 0 amide bonds. The first-order chi connectivity index (χ1) is 7.99. The molecule has 1 aromatic rings. The quantitative estimate of drug-likeness (QED) is 0.774. The van der Waals surface area contributed by atoms with Crippen LogP contribution in [-0.2, 0) is 16.0 Å². The Balaban J connectivity index is 2.55. The minimum absolute atomic E-state index is 0.0104. The molecule has 1 aromatic carbocycles. The van der Waals surface area contributed by atoms with E-state index < -0.39 is 6.04 Å². The number of carbonyl (C=O) groups is 2. The van der Waals surface area contributed by atoms with Gasteiger partial charge in [0.05, 0.1) is 12.6 Å². The van der Waals surface area contributed by atoms with Crippen molar-refractivity contribution in [2.24, 2.45) is 5.73 Å². The normalized spacial score (nSPS) is 11.9. The summed E-state index contributed by atoms with van der Waals surface area (Å²) in [6.45, 7) is 3.35. The van der Waals surface area contributed by atoms with Crippen LogP contribution in [-0.4, -0.2) is 24.2 Å². The zero-order valence-corrected chi connectivity index (χ0v) is 10.2. The Hall–Kier alpha value is -1.68. The second-order valence-electron chi connectivity index (χ2n) is 4.17. The van der Waals surface area contributed by atoms with Gasteiger partial charge in [0.25, 0.3) is 0 Å². The van der Waals surface area contributed by atoms with E-state index in [2.05, 4.69) is 5.32 Å². The van der Waals surface area contributed by atoms with Crippen molar-refractivity contribution in [1.82, 2.24) is 0 Å². The van der Waals surface area contributed by atoms with Crippen LogP contribution >= 0.6 is 0 Å². The Morgan fingerprint density at radius 1 is 1.24 bits per heavy atom. The van der Waals surface area contributed by atoms with E-state index in [-0.39, 0.29) is 11.6 Å². The topological polar surface area (TPSA) is 72.2 Å². The second kappa shape index (κ2) is 6.15. The second-order valence-corrected chi connectivity index (χ2v) is 4.17. The molecule has 0 aliphatic carbocycles. The predicted molar refractivity (Wildman–Crippen MR) is 68.0 cm³/mol. The van der Waals surface area contributed by atoms with Gasteiger partial charge in [0.1, 0.15) is 11.6 Å². The van der Waals surface area contributed by atoms with Crippen molar-refractivity contribution < 1.29 is 9.59 Å². The van der Waals surface area contributed by atoms with Crippen molar-refractivity contribution >= 4 is 17.3 Å². The van der Waals surface area contributed by atoms with Crippen LogP contribution in [0.1, 0.15) is 19.4 Å². The number of ketones is 2. The van der Waals surface area contributed by atoms with Crippen molar-refractivity contribution in [3.05, 3.63) is 29.8 Å². The van der Waals surface area contributed by atoms with E-state index >= 15 is 0 Å². The SMILES string of the molecule is CC(=O)CNc1ccc(CC(N)C(C)=O)cc1. The highest BCUT2D eigenvalue weighted by atomic mass is 16.1. The highest BCUT2D eigenvalue weighted by Crippen LogP contribution is 2.10. The van der Waals surface area contributed by atoms with E-state index in [4.69, 9.17) is 5.73 Å². The Morgan fingerprint density at radius 2 is 1.82 bits per heavy atom. The van der Waals surface area contributed by atoms with Gasteiger partial charge in [0, 0.05) is 5.69 Å². The van der Waals surface area contributed by atoms with Crippen molar-refractivity contribution in [3.8, 4) is 0 Å². The largest absolute Gasteiger partial charge is 0.378 e. The van der Waals surface area contributed by atoms with Crippen LogP contribution in [0.5, 0.6) is 0 Å². The van der Waals surface area contributed by atoms with Gasteiger partial charge in [-0.3, -0.25) is 9.59 Å². The summed E-state index contributed by atoms with van der Waals surface area (Å²) in [5.74, 6) is 0.0801. The van der Waals surface area contributed by atoms with Crippen molar-refractivity contribution in [1.29, 1.82) is 0 Å². The molecule has 0 aliphatic rings. The third-order valence-electron chi connectivity index (χ3n) is 2.47. The van der Waals surface area contributed by atoms with Crippen LogP contribution in [0, 0.1) is 0 Å². The minimum Gasteiger partial charge on any atom is -0.378 e. The van der Waals surface area contributed by atoms with Gasteiger partial charge in [-0.15, -0.1) is 0 Å². The van der Waals surface area contributed by atoms with Gasteiger partial charge in [-0.2, -0.15) is 0 Å². The van der Waals surface area contributed by atoms with Gasteiger partial charge in [-0.1, -0.05) is 12.1 Å². The zero-order valence-electron chi connectivity index (χ0n) is 10.2. The third-order valence-corrected chi connectivity index (χ3v) is 2.47. The van der Waals surface area contributed by atoms with Crippen LogP contribution in [0.25, 0.3) is 0 Å². The molecule has 4 heteroatoms. The molecule has 1 rings (SSSR count). The molecule has 0 aliphatic heterocycles. The summed E-state index contributed by atoms with van der Waals surface area (Å²) >= 11 is 0. The summed E-state index contributed by atoms with van der Waals surface area (Å²) in [4.78, 5) is 21.8. The highest BCUT2D eigenvalue weighted by Gasteiger charge is 2.08. The number of hydrogen-bond acceptors (Lipinski definition) is 4. The molecule has 0 fully saturated rings. The number of benzene rings is 1. The number of Topliss-reactive ketones (excluding diaryl/α,β-unsaturated/α-hetero) is 2. The first kappa shape index (κ1) is 13.4. The summed E-state index contributed by atoms with van der Waals surface area (Å²) in [7, 11) is 0. The molecular weight excluding hydrogens is 216 g/mol. The summed E-state index contributed by atoms with van der Waals surface area (Å²) in [5.41, 5.74) is 7.58. The summed E-state index contributed by atoms with van der Waals surface area (Å²) in [6, 6.07) is 7.14. The van der Waals surface area contributed by atoms with Gasteiger partial charge in [-0.05, 0) is 38.0 Å². The fourth-order valence-corrected chi connectivity index (χ4v) is 1.38. The van der Waals surface area contributed by atoms with Crippen LogP contribution in [0.15, 0.2) is 24.3 Å². The van der Waals surface area contributed by atoms with Crippen LogP contribution in [0.4, 0.5) is 5.69 Å². The lowest BCUT2D eigenvalue weighted by atomic mass is 10.0. The number of rotatable bonds is 6. The first-order valence-electron chi connectivity index (χ1n) is 5.57. The highest BCUT2D eigenvalue weighted by molar-refractivity contribution is 5.81. The molecule has 92 valence electrons. The molecule has 0 saturated heterocycles. The smallest absolute Gasteiger partial charge is 0.148 e. The molecule has 1 atom stereocenters. The Labute approximate surface area is 101 Å². The van der Waals surface area contributed by atoms with Crippen LogP contribution in [0.3, 0.4) is 0 Å². The monoisotopic (exact) mass is 234 g/mol.